The summed E-state index contributed by atoms with van der Waals surface area (Å²) in [5.41, 5.74) is 1.64. The predicted molar refractivity (Wildman–Crippen MR) is 131 cm³/mol. The summed E-state index contributed by atoms with van der Waals surface area (Å²) >= 11 is 0. The van der Waals surface area contributed by atoms with Crippen LogP contribution >= 0.6 is 0 Å². The van der Waals surface area contributed by atoms with E-state index in [1.165, 1.54) is 19.2 Å². The number of hydrogen-bond acceptors (Lipinski definition) is 4. The number of carbonyl (C=O) groups excluding carboxylic acids is 1. The second-order valence-corrected chi connectivity index (χ2v) is 12.3. The van der Waals surface area contributed by atoms with Crippen molar-refractivity contribution in [3.8, 4) is 17.1 Å². The van der Waals surface area contributed by atoms with Gasteiger partial charge in [-0.05, 0) is 97.3 Å². The molecule has 0 radical (unpaired) electrons. The summed E-state index contributed by atoms with van der Waals surface area (Å²) in [4.78, 5) is 18.6. The van der Waals surface area contributed by atoms with E-state index in [1.807, 2.05) is 0 Å². The summed E-state index contributed by atoms with van der Waals surface area (Å²) in [6.45, 7) is 7.50. The third-order valence-electron chi connectivity index (χ3n) is 10.5. The first kappa shape index (κ1) is 22.2. The number of benzene rings is 1. The van der Waals surface area contributed by atoms with Gasteiger partial charge in [0, 0.05) is 25.1 Å². The van der Waals surface area contributed by atoms with Gasteiger partial charge in [0.1, 0.15) is 5.75 Å². The van der Waals surface area contributed by atoms with Crippen molar-refractivity contribution in [2.75, 3.05) is 7.05 Å². The topological polar surface area (TPSA) is 55.6 Å². The van der Waals surface area contributed by atoms with Crippen LogP contribution in [0.15, 0.2) is 41.3 Å². The van der Waals surface area contributed by atoms with Crippen LogP contribution in [0.2, 0.25) is 0 Å². The maximum absolute atomic E-state index is 12.5. The van der Waals surface area contributed by atoms with E-state index < -0.39 is 0 Å². The largest absolute Gasteiger partial charge is 0.490 e. The fourth-order valence-electron chi connectivity index (χ4n) is 8.80. The maximum atomic E-state index is 12.5. The van der Waals surface area contributed by atoms with Crippen molar-refractivity contribution in [1.82, 2.24) is 9.88 Å². The lowest BCUT2D eigenvalue weighted by Gasteiger charge is -2.63. The molecule has 1 amide bonds. The van der Waals surface area contributed by atoms with Gasteiger partial charge < -0.3 is 14.1 Å². The highest BCUT2D eigenvalue weighted by atomic mass is 16.5. The van der Waals surface area contributed by atoms with Gasteiger partial charge in [-0.1, -0.05) is 20.8 Å². The van der Waals surface area contributed by atoms with Gasteiger partial charge in [0.2, 0.25) is 5.91 Å². The number of aromatic nitrogens is 1. The Hall–Kier alpha value is -2.30. The Morgan fingerprint density at radius 2 is 1.91 bits per heavy atom. The molecule has 3 saturated carbocycles. The first-order valence-corrected chi connectivity index (χ1v) is 13.2. The van der Waals surface area contributed by atoms with Crippen LogP contribution < -0.4 is 4.74 Å². The molecule has 1 aliphatic heterocycles. The van der Waals surface area contributed by atoms with Crippen LogP contribution in [0.1, 0.15) is 65.7 Å². The smallest absolute Gasteiger partial charge is 0.222 e. The molecule has 8 atom stereocenters. The zero-order chi connectivity index (χ0) is 23.7. The summed E-state index contributed by atoms with van der Waals surface area (Å²) in [5, 5.41) is 0. The number of rotatable bonds is 3. The molecule has 5 heteroatoms. The Bertz CT molecular complexity index is 1050. The SMILES string of the molecule is CC1C[C@H]2N(C)C(=O)CC[C@]2(C)[C@H]2CC[C@]3(C)C[C@@H](Oc4ccc(-c5cnco5)cc4)C[C@H]3C12. The van der Waals surface area contributed by atoms with Crippen molar-refractivity contribution in [1.29, 1.82) is 0 Å². The molecule has 3 aliphatic carbocycles. The number of nitrogens with zero attached hydrogens (tertiary/aromatic N) is 2. The Morgan fingerprint density at radius 1 is 1.12 bits per heavy atom. The maximum Gasteiger partial charge on any atom is 0.222 e. The third kappa shape index (κ3) is 3.33. The van der Waals surface area contributed by atoms with E-state index in [-0.39, 0.29) is 11.5 Å². The van der Waals surface area contributed by atoms with Crippen molar-refractivity contribution in [3.05, 3.63) is 36.9 Å². The number of piperidine rings is 1. The van der Waals surface area contributed by atoms with Gasteiger partial charge in [0.25, 0.3) is 0 Å². The minimum atomic E-state index is 0.261. The molecular weight excluding hydrogens is 424 g/mol. The number of oxazole rings is 1. The van der Waals surface area contributed by atoms with E-state index in [4.69, 9.17) is 9.15 Å². The third-order valence-corrected chi connectivity index (χ3v) is 10.5. The van der Waals surface area contributed by atoms with Gasteiger partial charge in [0.05, 0.1) is 12.3 Å². The van der Waals surface area contributed by atoms with Gasteiger partial charge in [-0.15, -0.1) is 0 Å². The molecule has 0 spiro atoms. The molecule has 2 heterocycles. The molecule has 1 saturated heterocycles. The standard InChI is InChI=1S/C29H38N2O3/c1-18-13-25-29(3,12-10-26(32)31(25)4)22-9-11-28(2)15-21(14-23(28)27(18)22)34-20-7-5-19(6-8-20)24-16-30-17-33-24/h5-8,16-18,21-23,25,27H,9-15H2,1-4H3/t18?,21-,22-,23-,25+,27?,28+,29+/m0/s1. The normalized spacial score (nSPS) is 41.5. The summed E-state index contributed by atoms with van der Waals surface area (Å²) in [7, 11) is 2.05. The van der Waals surface area contributed by atoms with Crippen LogP contribution in [-0.4, -0.2) is 35.0 Å². The Kier molecular flexibility index (Phi) is 5.13. The van der Waals surface area contributed by atoms with E-state index in [9.17, 15) is 4.79 Å². The lowest BCUT2D eigenvalue weighted by atomic mass is 9.45. The first-order chi connectivity index (χ1) is 16.3. The fraction of sp³-hybridized carbons (Fsp3) is 0.655. The number of likely N-dealkylation sites (tertiary alicyclic amines) is 1. The van der Waals surface area contributed by atoms with Crippen molar-refractivity contribution < 1.29 is 13.9 Å². The van der Waals surface area contributed by atoms with Gasteiger partial charge in [-0.2, -0.15) is 0 Å². The number of amides is 1. The molecule has 5 nitrogen and oxygen atoms in total. The molecule has 182 valence electrons. The molecule has 2 unspecified atom stereocenters. The van der Waals surface area contributed by atoms with Crippen LogP contribution in [0.3, 0.4) is 0 Å². The highest BCUT2D eigenvalue weighted by molar-refractivity contribution is 5.77. The highest BCUT2D eigenvalue weighted by Gasteiger charge is 2.62. The van der Waals surface area contributed by atoms with Crippen LogP contribution in [0.4, 0.5) is 0 Å². The van der Waals surface area contributed by atoms with E-state index >= 15 is 0 Å². The molecule has 6 rings (SSSR count). The summed E-state index contributed by atoms with van der Waals surface area (Å²) in [6.07, 6.45) is 11.3. The minimum absolute atomic E-state index is 0.261. The summed E-state index contributed by atoms with van der Waals surface area (Å²) in [5.74, 6) is 4.89. The Morgan fingerprint density at radius 3 is 2.65 bits per heavy atom. The zero-order valence-corrected chi connectivity index (χ0v) is 21.0. The predicted octanol–water partition coefficient (Wildman–Crippen LogP) is 6.20. The van der Waals surface area contributed by atoms with Crippen LogP contribution in [-0.2, 0) is 4.79 Å². The Balaban J connectivity index is 1.21. The number of fused-ring (bicyclic) bond motifs is 5. The van der Waals surface area contributed by atoms with E-state index in [1.54, 1.807) is 6.20 Å². The van der Waals surface area contributed by atoms with Crippen LogP contribution in [0, 0.1) is 34.5 Å². The van der Waals surface area contributed by atoms with Crippen molar-refractivity contribution >= 4 is 5.91 Å². The van der Waals surface area contributed by atoms with Gasteiger partial charge in [-0.25, -0.2) is 4.98 Å². The number of carbonyl (C=O) groups is 1. The second kappa shape index (κ2) is 7.86. The van der Waals surface area contributed by atoms with E-state index in [0.717, 1.165) is 61.0 Å². The second-order valence-electron chi connectivity index (χ2n) is 12.3. The highest BCUT2D eigenvalue weighted by Crippen LogP contribution is 2.66. The average molecular weight is 463 g/mol. The summed E-state index contributed by atoms with van der Waals surface area (Å²) < 4.78 is 12.0. The van der Waals surface area contributed by atoms with Crippen LogP contribution in [0.25, 0.3) is 11.3 Å². The quantitative estimate of drug-likeness (QED) is 0.545. The van der Waals surface area contributed by atoms with E-state index in [2.05, 4.69) is 62.0 Å². The van der Waals surface area contributed by atoms with Gasteiger partial charge >= 0.3 is 0 Å². The van der Waals surface area contributed by atoms with Gasteiger partial charge in [0.15, 0.2) is 12.2 Å². The molecule has 1 aromatic heterocycles. The van der Waals surface area contributed by atoms with Crippen molar-refractivity contribution in [2.24, 2.45) is 34.5 Å². The lowest BCUT2D eigenvalue weighted by molar-refractivity contribution is -0.164. The molecule has 2 aromatic rings. The number of hydrogen-bond donors (Lipinski definition) is 0. The molecule has 0 N–H and O–H groups in total. The summed E-state index contributed by atoms with van der Waals surface area (Å²) in [6, 6.07) is 8.65. The molecular formula is C29H38N2O3. The zero-order valence-electron chi connectivity index (χ0n) is 21.0. The minimum Gasteiger partial charge on any atom is -0.490 e. The fourth-order valence-corrected chi connectivity index (χ4v) is 8.80. The average Bonchev–Trinajstić information content (AvgIpc) is 3.46. The molecule has 0 bridgehead atoms. The number of ether oxygens (including phenoxy) is 1. The molecule has 4 fully saturated rings. The Labute approximate surface area is 203 Å². The van der Waals surface area contributed by atoms with Crippen molar-refractivity contribution in [2.45, 2.75) is 77.9 Å². The molecule has 4 aliphatic rings. The lowest BCUT2D eigenvalue weighted by Crippen LogP contribution is -2.62. The first-order valence-electron chi connectivity index (χ1n) is 13.2. The van der Waals surface area contributed by atoms with Gasteiger partial charge in [-0.3, -0.25) is 4.79 Å². The van der Waals surface area contributed by atoms with Crippen LogP contribution in [0.5, 0.6) is 5.75 Å². The molecule has 34 heavy (non-hydrogen) atoms. The van der Waals surface area contributed by atoms with Crippen molar-refractivity contribution in [3.63, 3.8) is 0 Å². The van der Waals surface area contributed by atoms with E-state index in [0.29, 0.717) is 29.2 Å². The monoisotopic (exact) mass is 462 g/mol. The molecule has 1 aromatic carbocycles.